The van der Waals surface area contributed by atoms with Gasteiger partial charge in [0.2, 0.25) is 12.3 Å². The molecule has 0 aliphatic carbocycles. The van der Waals surface area contributed by atoms with Crippen molar-refractivity contribution < 1.29 is 28.0 Å². The number of aldehydes is 1. The van der Waals surface area contributed by atoms with Crippen LogP contribution in [0.25, 0.3) is 10.8 Å². The molecule has 4 rings (SSSR count). The van der Waals surface area contributed by atoms with Crippen LogP contribution in [-0.4, -0.2) is 71.9 Å². The van der Waals surface area contributed by atoms with Gasteiger partial charge < -0.3 is 10.1 Å². The maximum atomic E-state index is 14.0. The Bertz CT molecular complexity index is 1360. The fraction of sp³-hybridized carbons (Fsp3) is 0.333. The lowest BCUT2D eigenvalue weighted by molar-refractivity contribution is -0.159. The van der Waals surface area contributed by atoms with E-state index in [-0.39, 0.29) is 23.8 Å². The molecule has 1 fully saturated rings. The molecule has 40 heavy (non-hydrogen) atoms. The Morgan fingerprint density at radius 1 is 1.20 bits per heavy atom. The number of amides is 2. The number of pyridine rings is 1. The molecule has 1 aliphatic rings. The molecule has 2 atom stereocenters. The Hall–Kier alpha value is -3.55. The van der Waals surface area contributed by atoms with Crippen LogP contribution >= 0.6 is 11.6 Å². The molecule has 3 aromatic rings. The number of aromatic nitrogens is 1. The summed E-state index contributed by atoms with van der Waals surface area (Å²) in [5.41, 5.74) is 3.36. The molecule has 13 heteroatoms. The molecule has 2 amide bonds. The number of carbonyl (C=O) groups is 3. The van der Waals surface area contributed by atoms with Gasteiger partial charge in [-0.3, -0.25) is 19.5 Å². The number of anilines is 1. The molecular formula is C27H29ClF2N6O4. The number of hydrogen-bond donors (Lipinski definition) is 2. The van der Waals surface area contributed by atoms with Crippen molar-refractivity contribution >= 4 is 46.8 Å². The van der Waals surface area contributed by atoms with Gasteiger partial charge in [-0.15, -0.1) is 0 Å². The molecule has 1 aromatic heterocycles. The Balaban J connectivity index is 1.66. The minimum absolute atomic E-state index is 0.0189. The van der Waals surface area contributed by atoms with E-state index in [1.54, 1.807) is 12.1 Å². The zero-order valence-corrected chi connectivity index (χ0v) is 22.5. The molecule has 2 N–H and O–H groups in total. The van der Waals surface area contributed by atoms with Crippen molar-refractivity contribution in [3.05, 3.63) is 70.9 Å². The molecule has 212 valence electrons. The average Bonchev–Trinajstić information content (AvgIpc) is 2.95. The summed E-state index contributed by atoms with van der Waals surface area (Å²) in [5, 5.41) is 6.44. The lowest BCUT2D eigenvalue weighted by Gasteiger charge is -2.43. The topological polar surface area (TPSA) is 107 Å². The zero-order valence-electron chi connectivity index (χ0n) is 21.7. The van der Waals surface area contributed by atoms with Crippen molar-refractivity contribution in [3.63, 3.8) is 0 Å². The molecule has 0 bridgehead atoms. The number of halogens is 3. The monoisotopic (exact) mass is 574 g/mol. The highest BCUT2D eigenvalue weighted by Gasteiger charge is 2.37. The molecular weight excluding hydrogens is 546 g/mol. The molecule has 10 nitrogen and oxygen atoms in total. The fourth-order valence-electron chi connectivity index (χ4n) is 4.55. The third-order valence-electron chi connectivity index (χ3n) is 6.53. The number of fused-ring (bicyclic) bond motifs is 1. The third kappa shape index (κ3) is 6.95. The normalized spacial score (nSPS) is 15.4. The SMILES string of the molecule is CC(=O)N(NCc1cccc(F)c1Cl)[C@@H](CC=O)C(ON(C=O)c1cc2cc(F)ccc2cn1)N1CCNCC1. The Labute approximate surface area is 234 Å². The van der Waals surface area contributed by atoms with Crippen molar-refractivity contribution in [1.82, 2.24) is 25.6 Å². The summed E-state index contributed by atoms with van der Waals surface area (Å²) in [4.78, 5) is 49.3. The van der Waals surface area contributed by atoms with E-state index in [0.717, 1.165) is 5.06 Å². The molecule has 2 aromatic carbocycles. The lowest BCUT2D eigenvalue weighted by atomic mass is 10.1. The number of piperazine rings is 1. The van der Waals surface area contributed by atoms with Crippen LogP contribution in [0.2, 0.25) is 5.02 Å². The second kappa shape index (κ2) is 13.7. The summed E-state index contributed by atoms with van der Waals surface area (Å²) in [6, 6.07) is 9.10. The summed E-state index contributed by atoms with van der Waals surface area (Å²) in [5.74, 6) is -1.41. The second-order valence-electron chi connectivity index (χ2n) is 9.15. The standard InChI is InChI=1S/C27H29ClF2N6O4/c1-18(39)36(33-16-20-3-2-4-23(30)26(20)28)24(7-12-37)27(34-10-8-31-9-11-34)40-35(17-38)25-14-21-13-22(29)6-5-19(21)15-32-25/h2-6,12-15,17,24,27,31,33H,7-11,16H2,1H3/t24-,27?/m0/s1. The van der Waals surface area contributed by atoms with Gasteiger partial charge in [0.15, 0.2) is 12.0 Å². The summed E-state index contributed by atoms with van der Waals surface area (Å²) >= 11 is 6.10. The van der Waals surface area contributed by atoms with Gasteiger partial charge in [0.05, 0.1) is 11.1 Å². The number of hydroxylamine groups is 1. The Morgan fingerprint density at radius 3 is 2.67 bits per heavy atom. The summed E-state index contributed by atoms with van der Waals surface area (Å²) in [7, 11) is 0. The van der Waals surface area contributed by atoms with E-state index in [4.69, 9.17) is 16.4 Å². The number of hydrogen-bond acceptors (Lipinski definition) is 8. The van der Waals surface area contributed by atoms with Crippen LogP contribution in [0.1, 0.15) is 18.9 Å². The van der Waals surface area contributed by atoms with Gasteiger partial charge in [0.1, 0.15) is 17.9 Å². The van der Waals surface area contributed by atoms with Gasteiger partial charge in [-0.1, -0.05) is 23.7 Å². The minimum atomic E-state index is -0.984. The summed E-state index contributed by atoms with van der Waals surface area (Å²) < 4.78 is 27.8. The predicted molar refractivity (Wildman–Crippen MR) is 145 cm³/mol. The first-order valence-corrected chi connectivity index (χ1v) is 13.0. The van der Waals surface area contributed by atoms with Crippen molar-refractivity contribution in [2.24, 2.45) is 0 Å². The summed E-state index contributed by atoms with van der Waals surface area (Å²) in [6.45, 7) is 3.48. The highest BCUT2D eigenvalue weighted by atomic mass is 35.5. The lowest BCUT2D eigenvalue weighted by Crippen LogP contribution is -2.62. The van der Waals surface area contributed by atoms with E-state index in [9.17, 15) is 23.2 Å². The number of rotatable bonds is 12. The number of hydrazine groups is 1. The van der Waals surface area contributed by atoms with E-state index in [1.807, 2.05) is 4.90 Å². The van der Waals surface area contributed by atoms with Crippen molar-refractivity contribution in [2.75, 3.05) is 31.2 Å². The highest BCUT2D eigenvalue weighted by molar-refractivity contribution is 6.31. The number of benzene rings is 2. The van der Waals surface area contributed by atoms with E-state index in [0.29, 0.717) is 55.2 Å². The Kier molecular flexibility index (Phi) is 10.1. The molecule has 1 unspecified atom stereocenters. The summed E-state index contributed by atoms with van der Waals surface area (Å²) in [6.07, 6.45) is 1.42. The van der Waals surface area contributed by atoms with Crippen LogP contribution in [0.4, 0.5) is 14.6 Å². The molecule has 1 saturated heterocycles. The van der Waals surface area contributed by atoms with E-state index >= 15 is 0 Å². The van der Waals surface area contributed by atoms with Crippen LogP contribution in [0, 0.1) is 11.6 Å². The van der Waals surface area contributed by atoms with Crippen LogP contribution < -0.4 is 15.8 Å². The van der Waals surface area contributed by atoms with E-state index < -0.39 is 29.8 Å². The number of nitrogens with zero attached hydrogens (tertiary/aromatic N) is 4. The molecule has 0 radical (unpaired) electrons. The first-order chi connectivity index (χ1) is 19.3. The van der Waals surface area contributed by atoms with Crippen molar-refractivity contribution in [3.8, 4) is 0 Å². The van der Waals surface area contributed by atoms with Gasteiger partial charge in [-0.05, 0) is 41.3 Å². The van der Waals surface area contributed by atoms with E-state index in [1.165, 1.54) is 48.5 Å². The van der Waals surface area contributed by atoms with Crippen molar-refractivity contribution in [2.45, 2.75) is 32.2 Å². The van der Waals surface area contributed by atoms with Crippen LogP contribution in [0.15, 0.2) is 48.7 Å². The first-order valence-electron chi connectivity index (χ1n) is 12.6. The van der Waals surface area contributed by atoms with Crippen LogP contribution in [0.5, 0.6) is 0 Å². The zero-order chi connectivity index (χ0) is 28.6. The average molecular weight is 575 g/mol. The van der Waals surface area contributed by atoms with E-state index in [2.05, 4.69) is 15.7 Å². The minimum Gasteiger partial charge on any atom is -0.314 e. The quantitative estimate of drug-likeness (QED) is 0.251. The van der Waals surface area contributed by atoms with Gasteiger partial charge in [-0.2, -0.15) is 5.06 Å². The molecule has 0 spiro atoms. The van der Waals surface area contributed by atoms with Crippen LogP contribution in [0.3, 0.4) is 0 Å². The molecule has 0 saturated carbocycles. The van der Waals surface area contributed by atoms with Gasteiger partial charge in [0, 0.05) is 57.7 Å². The van der Waals surface area contributed by atoms with Gasteiger partial charge in [0.25, 0.3) is 0 Å². The fourth-order valence-corrected chi connectivity index (χ4v) is 4.74. The van der Waals surface area contributed by atoms with Gasteiger partial charge in [-0.25, -0.2) is 24.0 Å². The maximum Gasteiger partial charge on any atom is 0.239 e. The highest BCUT2D eigenvalue weighted by Crippen LogP contribution is 2.24. The third-order valence-corrected chi connectivity index (χ3v) is 6.96. The smallest absolute Gasteiger partial charge is 0.239 e. The Morgan fingerprint density at radius 2 is 1.98 bits per heavy atom. The largest absolute Gasteiger partial charge is 0.314 e. The van der Waals surface area contributed by atoms with Crippen LogP contribution in [-0.2, 0) is 25.8 Å². The van der Waals surface area contributed by atoms with Gasteiger partial charge >= 0.3 is 0 Å². The number of carbonyl (C=O) groups excluding carboxylic acids is 3. The first kappa shape index (κ1) is 29.4. The molecule has 1 aliphatic heterocycles. The van der Waals surface area contributed by atoms with Crippen molar-refractivity contribution in [1.29, 1.82) is 0 Å². The maximum absolute atomic E-state index is 14.0. The molecule has 2 heterocycles. The number of nitrogens with one attached hydrogen (secondary N) is 2. The second-order valence-corrected chi connectivity index (χ2v) is 9.53. The predicted octanol–water partition coefficient (Wildman–Crippen LogP) is 2.80.